The molecule has 0 unspecified atom stereocenters. The van der Waals surface area contributed by atoms with Crippen molar-refractivity contribution in [3.8, 4) is 17.0 Å². The lowest BCUT2D eigenvalue weighted by Crippen LogP contribution is -1.97. The van der Waals surface area contributed by atoms with Crippen LogP contribution >= 0.6 is 11.6 Å². The lowest BCUT2D eigenvalue weighted by molar-refractivity contribution is 0.357. The summed E-state index contributed by atoms with van der Waals surface area (Å²) in [7, 11) is 0. The number of nitrogens with zero attached hydrogens (tertiary/aromatic N) is 2. The van der Waals surface area contributed by atoms with E-state index in [-0.39, 0.29) is 0 Å². The number of halogens is 1. The van der Waals surface area contributed by atoms with Crippen LogP contribution in [0.3, 0.4) is 0 Å². The van der Waals surface area contributed by atoms with Crippen molar-refractivity contribution in [2.24, 2.45) is 0 Å². The van der Waals surface area contributed by atoms with Crippen LogP contribution in [0, 0.1) is 0 Å². The monoisotopic (exact) mass is 274 g/mol. The molecule has 0 bridgehead atoms. The van der Waals surface area contributed by atoms with Gasteiger partial charge in [-0.1, -0.05) is 18.5 Å². The minimum atomic E-state index is 0.505. The fourth-order valence-electron chi connectivity index (χ4n) is 2.29. The number of aromatic nitrogens is 2. The molecule has 2 aromatic rings. The standard InChI is InChI=1S/C15H15ClN2O/c1-2-3-15-17-12(9-14(16)18-15)10-4-5-13-11(8-10)6-7-19-13/h4-5,8-9H,2-3,6-7H2,1H3. The summed E-state index contributed by atoms with van der Waals surface area (Å²) >= 11 is 6.08. The third-order valence-electron chi connectivity index (χ3n) is 3.20. The molecule has 0 saturated heterocycles. The Labute approximate surface area is 117 Å². The van der Waals surface area contributed by atoms with E-state index in [1.165, 1.54) is 5.56 Å². The molecule has 0 aliphatic carbocycles. The van der Waals surface area contributed by atoms with Gasteiger partial charge in [0.1, 0.15) is 16.7 Å². The zero-order valence-corrected chi connectivity index (χ0v) is 11.6. The van der Waals surface area contributed by atoms with Crippen LogP contribution in [0.2, 0.25) is 5.15 Å². The van der Waals surface area contributed by atoms with Crippen LogP contribution in [-0.2, 0) is 12.8 Å². The molecule has 4 heteroatoms. The van der Waals surface area contributed by atoms with Crippen LogP contribution in [0.25, 0.3) is 11.3 Å². The van der Waals surface area contributed by atoms with E-state index >= 15 is 0 Å². The Morgan fingerprint density at radius 2 is 2.16 bits per heavy atom. The summed E-state index contributed by atoms with van der Waals surface area (Å²) in [5.74, 6) is 1.79. The van der Waals surface area contributed by atoms with Gasteiger partial charge >= 0.3 is 0 Å². The maximum atomic E-state index is 6.08. The minimum Gasteiger partial charge on any atom is -0.493 e. The van der Waals surface area contributed by atoms with Crippen LogP contribution in [0.4, 0.5) is 0 Å². The highest BCUT2D eigenvalue weighted by Gasteiger charge is 2.13. The number of ether oxygens (including phenoxy) is 1. The van der Waals surface area contributed by atoms with Gasteiger partial charge in [0.2, 0.25) is 0 Å². The van der Waals surface area contributed by atoms with Crippen molar-refractivity contribution in [1.82, 2.24) is 9.97 Å². The van der Waals surface area contributed by atoms with E-state index in [1.54, 1.807) is 0 Å². The quantitative estimate of drug-likeness (QED) is 0.801. The third-order valence-corrected chi connectivity index (χ3v) is 3.39. The first kappa shape index (κ1) is 12.4. The lowest BCUT2D eigenvalue weighted by atomic mass is 10.1. The Morgan fingerprint density at radius 3 is 3.00 bits per heavy atom. The second kappa shape index (κ2) is 5.17. The van der Waals surface area contributed by atoms with Crippen molar-refractivity contribution in [3.63, 3.8) is 0 Å². The smallest absolute Gasteiger partial charge is 0.133 e. The second-order valence-corrected chi connectivity index (χ2v) is 5.05. The number of aryl methyl sites for hydroxylation is 1. The van der Waals surface area contributed by atoms with E-state index in [2.05, 4.69) is 23.0 Å². The van der Waals surface area contributed by atoms with Gasteiger partial charge in [0.25, 0.3) is 0 Å². The molecule has 2 heterocycles. The lowest BCUT2D eigenvalue weighted by Gasteiger charge is -2.06. The van der Waals surface area contributed by atoms with Crippen molar-refractivity contribution in [3.05, 3.63) is 40.8 Å². The molecule has 19 heavy (non-hydrogen) atoms. The summed E-state index contributed by atoms with van der Waals surface area (Å²) < 4.78 is 5.52. The van der Waals surface area contributed by atoms with Crippen LogP contribution in [0.1, 0.15) is 24.7 Å². The van der Waals surface area contributed by atoms with Crippen LogP contribution in [0.15, 0.2) is 24.3 Å². The summed E-state index contributed by atoms with van der Waals surface area (Å²) in [5, 5.41) is 0.505. The molecule has 1 aliphatic rings. The SMILES string of the molecule is CCCc1nc(Cl)cc(-c2ccc3c(c2)CCO3)n1. The molecule has 0 atom stereocenters. The van der Waals surface area contributed by atoms with E-state index < -0.39 is 0 Å². The number of rotatable bonds is 3. The summed E-state index contributed by atoms with van der Waals surface area (Å²) in [4.78, 5) is 8.83. The Bertz CT molecular complexity index is 613. The van der Waals surface area contributed by atoms with Gasteiger partial charge in [0, 0.05) is 24.5 Å². The van der Waals surface area contributed by atoms with Gasteiger partial charge in [-0.3, -0.25) is 0 Å². The fourth-order valence-corrected chi connectivity index (χ4v) is 2.49. The average Bonchev–Trinajstić information content (AvgIpc) is 2.85. The zero-order valence-electron chi connectivity index (χ0n) is 10.8. The van der Waals surface area contributed by atoms with Gasteiger partial charge in [-0.25, -0.2) is 9.97 Å². The third kappa shape index (κ3) is 2.56. The molecule has 98 valence electrons. The number of fused-ring (bicyclic) bond motifs is 1. The number of hydrogen-bond acceptors (Lipinski definition) is 3. The van der Waals surface area contributed by atoms with Crippen molar-refractivity contribution >= 4 is 11.6 Å². The Kier molecular flexibility index (Phi) is 3.38. The summed E-state index contributed by atoms with van der Waals surface area (Å²) in [6.45, 7) is 2.88. The van der Waals surface area contributed by atoms with E-state index in [0.717, 1.165) is 48.7 Å². The molecule has 1 aliphatic heterocycles. The highest BCUT2D eigenvalue weighted by Crippen LogP contribution is 2.30. The van der Waals surface area contributed by atoms with Gasteiger partial charge in [0.05, 0.1) is 12.3 Å². The first-order chi connectivity index (χ1) is 9.26. The number of benzene rings is 1. The highest BCUT2D eigenvalue weighted by molar-refractivity contribution is 6.29. The van der Waals surface area contributed by atoms with Gasteiger partial charge in [0.15, 0.2) is 0 Å². The first-order valence-electron chi connectivity index (χ1n) is 6.56. The van der Waals surface area contributed by atoms with E-state index in [9.17, 15) is 0 Å². The van der Waals surface area contributed by atoms with Gasteiger partial charge in [-0.05, 0) is 30.2 Å². The Morgan fingerprint density at radius 1 is 1.26 bits per heavy atom. The summed E-state index contributed by atoms with van der Waals surface area (Å²) in [5.41, 5.74) is 3.20. The molecule has 0 saturated carbocycles. The normalized spacial score (nSPS) is 13.2. The molecule has 1 aromatic carbocycles. The predicted molar refractivity (Wildman–Crippen MR) is 75.7 cm³/mol. The zero-order chi connectivity index (χ0) is 13.2. The van der Waals surface area contributed by atoms with Crippen LogP contribution < -0.4 is 4.74 Å². The average molecular weight is 275 g/mol. The van der Waals surface area contributed by atoms with Crippen LogP contribution in [-0.4, -0.2) is 16.6 Å². The van der Waals surface area contributed by atoms with Crippen molar-refractivity contribution in [1.29, 1.82) is 0 Å². The molecular formula is C15H15ClN2O. The molecule has 0 amide bonds. The first-order valence-corrected chi connectivity index (χ1v) is 6.93. The predicted octanol–water partition coefficient (Wildman–Crippen LogP) is 3.68. The van der Waals surface area contributed by atoms with Gasteiger partial charge < -0.3 is 4.74 Å². The van der Waals surface area contributed by atoms with E-state index in [4.69, 9.17) is 16.3 Å². The van der Waals surface area contributed by atoms with Crippen molar-refractivity contribution in [2.45, 2.75) is 26.2 Å². The molecule has 3 nitrogen and oxygen atoms in total. The molecule has 0 fully saturated rings. The topological polar surface area (TPSA) is 35.0 Å². The van der Waals surface area contributed by atoms with Crippen LogP contribution in [0.5, 0.6) is 5.75 Å². The molecule has 0 spiro atoms. The van der Waals surface area contributed by atoms with Crippen molar-refractivity contribution in [2.75, 3.05) is 6.61 Å². The molecular weight excluding hydrogens is 260 g/mol. The van der Waals surface area contributed by atoms with Gasteiger partial charge in [-0.2, -0.15) is 0 Å². The summed E-state index contributed by atoms with van der Waals surface area (Å²) in [6, 6.07) is 7.99. The maximum absolute atomic E-state index is 6.08. The Hall–Kier alpha value is -1.61. The largest absolute Gasteiger partial charge is 0.493 e. The van der Waals surface area contributed by atoms with Crippen molar-refractivity contribution < 1.29 is 4.74 Å². The maximum Gasteiger partial charge on any atom is 0.133 e. The number of hydrogen-bond donors (Lipinski definition) is 0. The molecule has 0 radical (unpaired) electrons. The second-order valence-electron chi connectivity index (χ2n) is 4.66. The van der Waals surface area contributed by atoms with E-state index in [1.807, 2.05) is 18.2 Å². The fraction of sp³-hybridized carbons (Fsp3) is 0.333. The van der Waals surface area contributed by atoms with E-state index in [0.29, 0.717) is 5.15 Å². The highest BCUT2D eigenvalue weighted by atomic mass is 35.5. The molecule has 3 rings (SSSR count). The summed E-state index contributed by atoms with van der Waals surface area (Å²) in [6.07, 6.45) is 2.82. The molecule has 0 N–H and O–H groups in total. The molecule has 1 aromatic heterocycles. The van der Waals surface area contributed by atoms with Gasteiger partial charge in [-0.15, -0.1) is 0 Å². The Balaban J connectivity index is 2.01. The minimum absolute atomic E-state index is 0.505.